The van der Waals surface area contributed by atoms with Crippen LogP contribution in [0.15, 0.2) is 0 Å². The van der Waals surface area contributed by atoms with E-state index >= 15 is 0 Å². The summed E-state index contributed by atoms with van der Waals surface area (Å²) in [5, 5.41) is 8.78. The molecule has 1 fully saturated rings. The van der Waals surface area contributed by atoms with Crippen molar-refractivity contribution in [3.8, 4) is 0 Å². The molecule has 17 heavy (non-hydrogen) atoms. The number of aliphatic hydroxyl groups is 1. The van der Waals surface area contributed by atoms with Gasteiger partial charge in [-0.25, -0.2) is 8.42 Å². The highest BCUT2D eigenvalue weighted by Gasteiger charge is 2.28. The highest BCUT2D eigenvalue weighted by Crippen LogP contribution is 2.22. The first-order valence-electron chi connectivity index (χ1n) is 6.02. The molecule has 1 atom stereocenters. The highest BCUT2D eigenvalue weighted by atomic mass is 32.2. The minimum atomic E-state index is -3.07. The Hall–Kier alpha value is -0.620. The summed E-state index contributed by atoms with van der Waals surface area (Å²) in [6.45, 7) is 0.862. The fourth-order valence-corrected chi connectivity index (χ4v) is 2.75. The van der Waals surface area contributed by atoms with E-state index in [9.17, 15) is 13.2 Å². The Bertz CT molecular complexity index is 352. The molecule has 0 radical (unpaired) electrons. The van der Waals surface area contributed by atoms with E-state index in [0.717, 1.165) is 32.1 Å². The molecule has 0 aromatic carbocycles. The summed E-state index contributed by atoms with van der Waals surface area (Å²) in [4.78, 5) is 13.6. The van der Waals surface area contributed by atoms with Gasteiger partial charge in [0, 0.05) is 31.9 Å². The number of hydrogen-bond donors (Lipinski definition) is 1. The zero-order valence-electron chi connectivity index (χ0n) is 10.3. The first kappa shape index (κ1) is 14.4. The number of hydrogen-bond acceptors (Lipinski definition) is 4. The van der Waals surface area contributed by atoms with E-state index in [-0.39, 0.29) is 30.7 Å². The van der Waals surface area contributed by atoms with E-state index in [1.54, 1.807) is 4.90 Å². The van der Waals surface area contributed by atoms with Crippen LogP contribution in [0.25, 0.3) is 0 Å². The lowest BCUT2D eigenvalue weighted by molar-refractivity contribution is -0.131. The zero-order valence-corrected chi connectivity index (χ0v) is 11.1. The van der Waals surface area contributed by atoms with Gasteiger partial charge in [0.05, 0.1) is 5.75 Å². The van der Waals surface area contributed by atoms with Crippen molar-refractivity contribution in [3.05, 3.63) is 0 Å². The van der Waals surface area contributed by atoms with Crippen molar-refractivity contribution >= 4 is 15.7 Å². The van der Waals surface area contributed by atoms with E-state index in [4.69, 9.17) is 5.11 Å². The third-order valence-electron chi connectivity index (χ3n) is 3.08. The molecule has 0 spiro atoms. The van der Waals surface area contributed by atoms with Gasteiger partial charge in [0.2, 0.25) is 5.91 Å². The van der Waals surface area contributed by atoms with E-state index < -0.39 is 9.84 Å². The molecular weight excluding hydrogens is 242 g/mol. The van der Waals surface area contributed by atoms with Gasteiger partial charge in [-0.1, -0.05) is 0 Å². The fourth-order valence-electron chi connectivity index (χ4n) is 2.21. The summed E-state index contributed by atoms with van der Waals surface area (Å²) in [5.74, 6) is -0.148. The molecule has 1 unspecified atom stereocenters. The third kappa shape index (κ3) is 5.04. The number of amides is 1. The molecule has 0 aliphatic carbocycles. The van der Waals surface area contributed by atoms with E-state index in [0.29, 0.717) is 6.42 Å². The second kappa shape index (κ2) is 6.35. The predicted octanol–water partition coefficient (Wildman–Crippen LogP) is 0.185. The molecule has 1 aliphatic heterocycles. The molecule has 1 saturated heterocycles. The summed E-state index contributed by atoms with van der Waals surface area (Å²) in [7, 11) is -3.07. The second-order valence-corrected chi connectivity index (χ2v) is 6.89. The molecule has 1 aliphatic rings. The van der Waals surface area contributed by atoms with Gasteiger partial charge in [-0.3, -0.25) is 4.79 Å². The molecule has 0 saturated carbocycles. The standard InChI is InChI=1S/C11H21NO4S/c1-17(15,16)9-6-11(14)12-7-2-4-10(12)5-3-8-13/h10,13H,2-9H2,1H3. The molecule has 5 nitrogen and oxygen atoms in total. The molecule has 1 heterocycles. The first-order valence-corrected chi connectivity index (χ1v) is 8.08. The summed E-state index contributed by atoms with van der Waals surface area (Å²) < 4.78 is 22.0. The second-order valence-electron chi connectivity index (χ2n) is 4.63. The maximum Gasteiger partial charge on any atom is 0.223 e. The van der Waals surface area contributed by atoms with Gasteiger partial charge in [0.25, 0.3) is 0 Å². The summed E-state index contributed by atoms with van der Waals surface area (Å²) >= 11 is 0. The van der Waals surface area contributed by atoms with Gasteiger partial charge >= 0.3 is 0 Å². The maximum absolute atomic E-state index is 11.9. The van der Waals surface area contributed by atoms with Gasteiger partial charge in [0.1, 0.15) is 9.84 Å². The number of aliphatic hydroxyl groups excluding tert-OH is 1. The Morgan fingerprint density at radius 1 is 1.47 bits per heavy atom. The Morgan fingerprint density at radius 2 is 2.18 bits per heavy atom. The van der Waals surface area contributed by atoms with Crippen molar-refractivity contribution in [1.29, 1.82) is 0 Å². The van der Waals surface area contributed by atoms with Crippen LogP contribution in [0.2, 0.25) is 0 Å². The van der Waals surface area contributed by atoms with Crippen molar-refractivity contribution in [3.63, 3.8) is 0 Å². The van der Waals surface area contributed by atoms with Crippen LogP contribution in [0, 0.1) is 0 Å². The fraction of sp³-hybridized carbons (Fsp3) is 0.909. The van der Waals surface area contributed by atoms with Crippen molar-refractivity contribution in [2.45, 2.75) is 38.1 Å². The van der Waals surface area contributed by atoms with Gasteiger partial charge in [-0.2, -0.15) is 0 Å². The Balaban J connectivity index is 2.44. The average molecular weight is 263 g/mol. The lowest BCUT2D eigenvalue weighted by atomic mass is 10.1. The monoisotopic (exact) mass is 263 g/mol. The predicted molar refractivity (Wildman–Crippen MR) is 65.4 cm³/mol. The van der Waals surface area contributed by atoms with Crippen molar-refractivity contribution in [2.24, 2.45) is 0 Å². The maximum atomic E-state index is 11.9. The topological polar surface area (TPSA) is 74.7 Å². The Kier molecular flexibility index (Phi) is 5.39. The van der Waals surface area contributed by atoms with Crippen LogP contribution in [0.5, 0.6) is 0 Å². The molecule has 1 N–H and O–H groups in total. The van der Waals surface area contributed by atoms with E-state index in [1.807, 2.05) is 0 Å². The lowest BCUT2D eigenvalue weighted by Crippen LogP contribution is -2.36. The quantitative estimate of drug-likeness (QED) is 0.742. The molecule has 0 bridgehead atoms. The lowest BCUT2D eigenvalue weighted by Gasteiger charge is -2.24. The molecular formula is C11H21NO4S. The summed E-state index contributed by atoms with van der Waals surface area (Å²) in [5.41, 5.74) is 0. The average Bonchev–Trinajstić information content (AvgIpc) is 2.70. The van der Waals surface area contributed by atoms with Crippen LogP contribution >= 0.6 is 0 Å². The van der Waals surface area contributed by atoms with Crippen LogP contribution in [0.4, 0.5) is 0 Å². The van der Waals surface area contributed by atoms with Crippen molar-refractivity contribution < 1.29 is 18.3 Å². The normalized spacial score (nSPS) is 20.8. The number of sulfone groups is 1. The number of carbonyl (C=O) groups excluding carboxylic acids is 1. The minimum absolute atomic E-state index is 0.0733. The molecule has 0 aromatic heterocycles. The van der Waals surface area contributed by atoms with E-state index in [2.05, 4.69) is 0 Å². The first-order chi connectivity index (χ1) is 7.94. The zero-order chi connectivity index (χ0) is 12.9. The van der Waals surface area contributed by atoms with Crippen LogP contribution in [0.3, 0.4) is 0 Å². The van der Waals surface area contributed by atoms with Crippen LogP contribution in [0.1, 0.15) is 32.1 Å². The van der Waals surface area contributed by atoms with Crippen molar-refractivity contribution in [1.82, 2.24) is 4.90 Å². The largest absolute Gasteiger partial charge is 0.396 e. The van der Waals surface area contributed by atoms with E-state index in [1.165, 1.54) is 0 Å². The number of nitrogens with zero attached hydrogens (tertiary/aromatic N) is 1. The Labute approximate surface area is 103 Å². The van der Waals surface area contributed by atoms with Crippen LogP contribution < -0.4 is 0 Å². The highest BCUT2D eigenvalue weighted by molar-refractivity contribution is 7.90. The van der Waals surface area contributed by atoms with Crippen LogP contribution in [-0.2, 0) is 14.6 Å². The number of rotatable bonds is 6. The van der Waals surface area contributed by atoms with Gasteiger partial charge in [-0.15, -0.1) is 0 Å². The molecule has 6 heteroatoms. The summed E-state index contributed by atoms with van der Waals surface area (Å²) in [6, 6.07) is 0.189. The summed E-state index contributed by atoms with van der Waals surface area (Å²) in [6.07, 6.45) is 4.66. The smallest absolute Gasteiger partial charge is 0.223 e. The Morgan fingerprint density at radius 3 is 2.76 bits per heavy atom. The molecule has 0 aromatic rings. The number of carbonyl (C=O) groups is 1. The van der Waals surface area contributed by atoms with Crippen LogP contribution in [-0.4, -0.2) is 55.5 Å². The van der Waals surface area contributed by atoms with Crippen molar-refractivity contribution in [2.75, 3.05) is 25.2 Å². The third-order valence-corrected chi connectivity index (χ3v) is 4.03. The van der Waals surface area contributed by atoms with Gasteiger partial charge in [-0.05, 0) is 25.7 Å². The minimum Gasteiger partial charge on any atom is -0.396 e. The molecule has 1 amide bonds. The molecule has 1 rings (SSSR count). The molecule has 100 valence electrons. The number of likely N-dealkylation sites (tertiary alicyclic amines) is 1. The van der Waals surface area contributed by atoms with Gasteiger partial charge in [0.15, 0.2) is 0 Å². The van der Waals surface area contributed by atoms with Gasteiger partial charge < -0.3 is 10.0 Å². The SMILES string of the molecule is CS(=O)(=O)CCC(=O)N1CCCC1CCCO.